The molecule has 1 N–H and O–H groups in total. The number of halogens is 3. The van der Waals surface area contributed by atoms with Gasteiger partial charge in [0.05, 0.1) is 12.3 Å². The van der Waals surface area contributed by atoms with Crippen molar-refractivity contribution >= 4 is 9.84 Å². The zero-order valence-corrected chi connectivity index (χ0v) is 11.1. The van der Waals surface area contributed by atoms with Gasteiger partial charge in [-0.15, -0.1) is 0 Å². The molecule has 1 aliphatic carbocycles. The lowest BCUT2D eigenvalue weighted by Crippen LogP contribution is -2.40. The summed E-state index contributed by atoms with van der Waals surface area (Å²) in [5.41, 5.74) is 0. The van der Waals surface area contributed by atoms with Crippen LogP contribution in [0.4, 0.5) is 13.2 Å². The van der Waals surface area contributed by atoms with Crippen LogP contribution in [0.3, 0.4) is 0 Å². The molecule has 0 aromatic rings. The normalized spacial score (nSPS) is 17.4. The average Bonchev–Trinajstić information content (AvgIpc) is 2.94. The first kappa shape index (κ1) is 15.7. The fraction of sp³-hybridized carbons (Fsp3) is 1.00. The van der Waals surface area contributed by atoms with Gasteiger partial charge in [-0.05, 0) is 12.8 Å². The lowest BCUT2D eigenvalue weighted by molar-refractivity contribution is -0.147. The first-order valence-corrected chi connectivity index (χ1v) is 7.93. The number of nitrogens with one attached hydrogen (secondary N) is 1. The molecule has 1 rings (SSSR count). The fourth-order valence-corrected chi connectivity index (χ4v) is 2.18. The van der Waals surface area contributed by atoms with Gasteiger partial charge in [0.25, 0.3) is 0 Å². The molecule has 0 aromatic carbocycles. The van der Waals surface area contributed by atoms with Gasteiger partial charge in [-0.25, -0.2) is 8.42 Å². The summed E-state index contributed by atoms with van der Waals surface area (Å²) in [5, 5.41) is 2.85. The minimum atomic E-state index is -4.17. The van der Waals surface area contributed by atoms with E-state index >= 15 is 0 Å². The second-order valence-corrected chi connectivity index (χ2v) is 6.96. The van der Waals surface area contributed by atoms with E-state index in [4.69, 9.17) is 0 Å². The molecule has 0 aromatic heterocycles. The summed E-state index contributed by atoms with van der Waals surface area (Å²) in [6, 6.07) is 0.0448. The number of alkyl halides is 3. The molecule has 0 bridgehead atoms. The summed E-state index contributed by atoms with van der Waals surface area (Å²) < 4.78 is 58.5. The van der Waals surface area contributed by atoms with Crippen molar-refractivity contribution in [3.05, 3.63) is 0 Å². The fourth-order valence-electron chi connectivity index (χ4n) is 1.67. The topological polar surface area (TPSA) is 49.4 Å². The summed E-state index contributed by atoms with van der Waals surface area (Å²) >= 11 is 0. The molecular formula is C10H19F3N2O2S. The van der Waals surface area contributed by atoms with E-state index in [-0.39, 0.29) is 18.3 Å². The second-order valence-electron chi connectivity index (χ2n) is 4.70. The third-order valence-electron chi connectivity index (χ3n) is 2.67. The van der Waals surface area contributed by atoms with E-state index in [2.05, 4.69) is 5.32 Å². The largest absolute Gasteiger partial charge is 0.401 e. The maximum atomic E-state index is 12.3. The summed E-state index contributed by atoms with van der Waals surface area (Å²) in [6.07, 6.45) is -1.40. The Morgan fingerprint density at radius 1 is 1.28 bits per heavy atom. The summed E-state index contributed by atoms with van der Waals surface area (Å²) in [7, 11) is -3.01. The average molecular weight is 288 g/mol. The third kappa shape index (κ3) is 7.88. The molecule has 0 unspecified atom stereocenters. The van der Waals surface area contributed by atoms with Crippen LogP contribution in [-0.2, 0) is 9.84 Å². The maximum Gasteiger partial charge on any atom is 0.401 e. The van der Waals surface area contributed by atoms with Gasteiger partial charge in [0.15, 0.2) is 0 Å². The quantitative estimate of drug-likeness (QED) is 0.666. The van der Waals surface area contributed by atoms with Crippen LogP contribution in [0.25, 0.3) is 0 Å². The van der Waals surface area contributed by atoms with Crippen molar-refractivity contribution < 1.29 is 21.6 Å². The number of hydrogen-bond acceptors (Lipinski definition) is 4. The van der Waals surface area contributed by atoms with Gasteiger partial charge in [-0.1, -0.05) is 0 Å². The van der Waals surface area contributed by atoms with Gasteiger partial charge in [0.2, 0.25) is 0 Å². The molecule has 4 nitrogen and oxygen atoms in total. The summed E-state index contributed by atoms with van der Waals surface area (Å²) in [4.78, 5) is 1.41. The van der Waals surface area contributed by atoms with Crippen LogP contribution in [0, 0.1) is 0 Å². The van der Waals surface area contributed by atoms with E-state index in [0.717, 1.165) is 19.1 Å². The first-order valence-electron chi connectivity index (χ1n) is 5.87. The van der Waals surface area contributed by atoms with Crippen LogP contribution < -0.4 is 5.32 Å². The van der Waals surface area contributed by atoms with Crippen LogP contribution in [0.5, 0.6) is 0 Å². The minimum absolute atomic E-state index is 0.00962. The number of sulfone groups is 1. The summed E-state index contributed by atoms with van der Waals surface area (Å²) in [6.45, 7) is 0.0742. The number of nitrogens with zero attached hydrogens (tertiary/aromatic N) is 1. The second kappa shape index (κ2) is 6.21. The number of hydrogen-bond donors (Lipinski definition) is 1. The van der Waals surface area contributed by atoms with Crippen LogP contribution in [0.15, 0.2) is 0 Å². The highest BCUT2D eigenvalue weighted by atomic mass is 32.2. The molecule has 0 saturated heterocycles. The molecule has 0 spiro atoms. The molecule has 0 aliphatic heterocycles. The van der Waals surface area contributed by atoms with Crippen molar-refractivity contribution in [3.63, 3.8) is 0 Å². The van der Waals surface area contributed by atoms with Gasteiger partial charge in [-0.2, -0.15) is 13.2 Å². The molecular weight excluding hydrogens is 269 g/mol. The van der Waals surface area contributed by atoms with Crippen molar-refractivity contribution in [2.24, 2.45) is 0 Å². The Morgan fingerprint density at radius 3 is 2.33 bits per heavy atom. The van der Waals surface area contributed by atoms with Gasteiger partial charge < -0.3 is 5.32 Å². The van der Waals surface area contributed by atoms with Gasteiger partial charge >= 0.3 is 6.18 Å². The molecule has 0 radical (unpaired) electrons. The van der Waals surface area contributed by atoms with Crippen molar-refractivity contribution in [3.8, 4) is 0 Å². The lowest BCUT2D eigenvalue weighted by Gasteiger charge is -2.23. The molecule has 1 fully saturated rings. The van der Waals surface area contributed by atoms with Crippen LogP contribution in [0.2, 0.25) is 0 Å². The Kier molecular flexibility index (Phi) is 5.42. The minimum Gasteiger partial charge on any atom is -0.314 e. The highest BCUT2D eigenvalue weighted by Gasteiger charge is 2.37. The van der Waals surface area contributed by atoms with Crippen LogP contribution in [0.1, 0.15) is 12.8 Å². The molecule has 1 saturated carbocycles. The van der Waals surface area contributed by atoms with Crippen molar-refractivity contribution in [1.82, 2.24) is 10.2 Å². The van der Waals surface area contributed by atoms with E-state index < -0.39 is 22.6 Å². The first-order chi connectivity index (χ1) is 8.17. The van der Waals surface area contributed by atoms with E-state index in [1.165, 1.54) is 4.90 Å². The zero-order chi connectivity index (χ0) is 13.8. The molecule has 1 aliphatic rings. The van der Waals surface area contributed by atoms with Crippen molar-refractivity contribution in [2.75, 3.05) is 38.2 Å². The predicted molar refractivity (Wildman–Crippen MR) is 63.2 cm³/mol. The molecule has 0 amide bonds. The molecule has 8 heteroatoms. The van der Waals surface area contributed by atoms with E-state index in [1.807, 2.05) is 0 Å². The van der Waals surface area contributed by atoms with E-state index in [9.17, 15) is 21.6 Å². The van der Waals surface area contributed by atoms with E-state index in [0.29, 0.717) is 13.1 Å². The highest BCUT2D eigenvalue weighted by molar-refractivity contribution is 7.90. The van der Waals surface area contributed by atoms with Crippen LogP contribution >= 0.6 is 0 Å². The molecule has 0 heterocycles. The number of rotatable bonds is 8. The monoisotopic (exact) mass is 288 g/mol. The smallest absolute Gasteiger partial charge is 0.314 e. The highest BCUT2D eigenvalue weighted by Crippen LogP contribution is 2.29. The maximum absolute atomic E-state index is 12.3. The molecule has 18 heavy (non-hydrogen) atoms. The van der Waals surface area contributed by atoms with Crippen LogP contribution in [-0.4, -0.2) is 63.7 Å². The lowest BCUT2D eigenvalue weighted by atomic mass is 10.4. The SMILES string of the molecule is CS(=O)(=O)CCNCCN(CC(F)(F)F)C1CC1. The van der Waals surface area contributed by atoms with Gasteiger partial charge in [0, 0.05) is 31.9 Å². The Bertz CT molecular complexity index is 353. The Morgan fingerprint density at radius 2 is 1.89 bits per heavy atom. The van der Waals surface area contributed by atoms with Gasteiger partial charge in [-0.3, -0.25) is 4.90 Å². The van der Waals surface area contributed by atoms with Crippen molar-refractivity contribution in [1.29, 1.82) is 0 Å². The zero-order valence-electron chi connectivity index (χ0n) is 10.3. The summed E-state index contributed by atoms with van der Waals surface area (Å²) in [5.74, 6) is 0.00962. The van der Waals surface area contributed by atoms with E-state index in [1.54, 1.807) is 0 Å². The van der Waals surface area contributed by atoms with Gasteiger partial charge in [0.1, 0.15) is 9.84 Å². The Balaban J connectivity index is 2.18. The van der Waals surface area contributed by atoms with Crippen molar-refractivity contribution in [2.45, 2.75) is 25.1 Å². The molecule has 0 atom stereocenters. The molecule has 108 valence electrons. The Labute approximate surface area is 105 Å². The standard InChI is InChI=1S/C10H19F3N2O2S/c1-18(16,17)7-5-14-4-6-15(9-2-3-9)8-10(11,12)13/h9,14H,2-8H2,1H3. The third-order valence-corrected chi connectivity index (χ3v) is 3.62. The Hall–Kier alpha value is -0.340. The predicted octanol–water partition coefficient (Wildman–Crippen LogP) is 0.647.